The van der Waals surface area contributed by atoms with E-state index >= 15 is 0 Å². The van der Waals surface area contributed by atoms with Crippen LogP contribution < -0.4 is 0 Å². The molecule has 1 rings (SSSR count). The van der Waals surface area contributed by atoms with Crippen LogP contribution in [-0.2, 0) is 4.79 Å². The van der Waals surface area contributed by atoms with Gasteiger partial charge in [0.2, 0.25) is 0 Å². The fourth-order valence-corrected chi connectivity index (χ4v) is 3.27. The molecule has 0 aromatic heterocycles. The highest BCUT2D eigenvalue weighted by atomic mass is 16.4. The van der Waals surface area contributed by atoms with E-state index in [1.165, 1.54) is 25.7 Å². The average molecular weight is 212 g/mol. The van der Waals surface area contributed by atoms with Crippen molar-refractivity contribution in [2.24, 2.45) is 23.2 Å². The highest BCUT2D eigenvalue weighted by Gasteiger charge is 2.63. The van der Waals surface area contributed by atoms with Gasteiger partial charge in [-0.1, -0.05) is 53.4 Å². The maximum absolute atomic E-state index is 11.1. The quantitative estimate of drug-likeness (QED) is 0.731. The summed E-state index contributed by atoms with van der Waals surface area (Å²) < 4.78 is 0. The zero-order valence-corrected chi connectivity index (χ0v) is 10.4. The van der Waals surface area contributed by atoms with Crippen molar-refractivity contribution in [1.29, 1.82) is 0 Å². The van der Waals surface area contributed by atoms with Crippen LogP contribution >= 0.6 is 0 Å². The van der Waals surface area contributed by atoms with Gasteiger partial charge >= 0.3 is 5.97 Å². The van der Waals surface area contributed by atoms with Crippen molar-refractivity contribution in [2.45, 2.75) is 53.4 Å². The highest BCUT2D eigenvalue weighted by molar-refractivity contribution is 5.75. The molecule has 1 aliphatic carbocycles. The topological polar surface area (TPSA) is 37.3 Å². The van der Waals surface area contributed by atoms with Gasteiger partial charge in [0, 0.05) is 0 Å². The Morgan fingerprint density at radius 1 is 1.27 bits per heavy atom. The van der Waals surface area contributed by atoms with Crippen LogP contribution in [0.1, 0.15) is 53.4 Å². The van der Waals surface area contributed by atoms with Gasteiger partial charge in [0.25, 0.3) is 0 Å². The van der Waals surface area contributed by atoms with Crippen LogP contribution in [0.15, 0.2) is 0 Å². The van der Waals surface area contributed by atoms with E-state index in [2.05, 4.69) is 27.7 Å². The minimum atomic E-state index is -0.595. The minimum Gasteiger partial charge on any atom is -0.481 e. The van der Waals surface area contributed by atoms with E-state index in [9.17, 15) is 4.79 Å². The Balaban J connectivity index is 2.65. The predicted molar refractivity (Wildman–Crippen MR) is 61.7 cm³/mol. The lowest BCUT2D eigenvalue weighted by Crippen LogP contribution is -2.08. The molecule has 88 valence electrons. The predicted octanol–water partition coefficient (Wildman–Crippen LogP) is 3.56. The number of aliphatic carboxylic acids is 1. The lowest BCUT2D eigenvalue weighted by molar-refractivity contribution is -0.139. The minimum absolute atomic E-state index is 0.0286. The van der Waals surface area contributed by atoms with Crippen LogP contribution in [0.3, 0.4) is 0 Å². The molecule has 1 saturated carbocycles. The first-order chi connectivity index (χ1) is 6.96. The first kappa shape index (κ1) is 12.5. The Bertz CT molecular complexity index is 227. The van der Waals surface area contributed by atoms with Gasteiger partial charge in [-0.25, -0.2) is 0 Å². The van der Waals surface area contributed by atoms with Crippen molar-refractivity contribution in [3.05, 3.63) is 0 Å². The van der Waals surface area contributed by atoms with Gasteiger partial charge in [-0.2, -0.15) is 0 Å². The molecule has 1 N–H and O–H groups in total. The Kier molecular flexibility index (Phi) is 3.80. The second-order valence-corrected chi connectivity index (χ2v) is 5.50. The van der Waals surface area contributed by atoms with Crippen molar-refractivity contribution in [3.63, 3.8) is 0 Å². The Morgan fingerprint density at radius 2 is 1.73 bits per heavy atom. The third kappa shape index (κ3) is 2.35. The maximum Gasteiger partial charge on any atom is 0.307 e. The SMILES string of the molecule is CCCC(CCC)[C@H]1[C@H](C(=O)O)C1(C)C. The number of carboxylic acids is 1. The molecule has 2 heteroatoms. The fraction of sp³-hybridized carbons (Fsp3) is 0.923. The zero-order valence-electron chi connectivity index (χ0n) is 10.4. The molecule has 0 aliphatic heterocycles. The van der Waals surface area contributed by atoms with Gasteiger partial charge in [-0.05, 0) is 17.3 Å². The Labute approximate surface area is 93.1 Å². The van der Waals surface area contributed by atoms with Gasteiger partial charge in [0.1, 0.15) is 0 Å². The molecule has 0 bridgehead atoms. The van der Waals surface area contributed by atoms with Crippen molar-refractivity contribution in [3.8, 4) is 0 Å². The van der Waals surface area contributed by atoms with Gasteiger partial charge in [-0.15, -0.1) is 0 Å². The molecule has 2 nitrogen and oxygen atoms in total. The third-order valence-electron chi connectivity index (χ3n) is 4.00. The Hall–Kier alpha value is -0.530. The molecule has 1 aliphatic rings. The summed E-state index contributed by atoms with van der Waals surface area (Å²) in [6, 6.07) is 0. The van der Waals surface area contributed by atoms with Gasteiger partial charge in [0.15, 0.2) is 0 Å². The highest BCUT2D eigenvalue weighted by Crippen LogP contribution is 2.63. The number of carbonyl (C=O) groups is 1. The summed E-state index contributed by atoms with van der Waals surface area (Å²) in [5.74, 6) is 0.341. The summed E-state index contributed by atoms with van der Waals surface area (Å²) in [7, 11) is 0. The number of hydrogen-bond donors (Lipinski definition) is 1. The van der Waals surface area contributed by atoms with Crippen LogP contribution in [0.2, 0.25) is 0 Å². The summed E-state index contributed by atoms with van der Waals surface area (Å²) in [6.07, 6.45) is 4.71. The molecule has 0 unspecified atom stereocenters. The number of hydrogen-bond acceptors (Lipinski definition) is 1. The molecular formula is C13H24O2. The van der Waals surface area contributed by atoms with Crippen LogP contribution in [0.4, 0.5) is 0 Å². The maximum atomic E-state index is 11.1. The molecule has 0 aromatic carbocycles. The average Bonchev–Trinajstić information content (AvgIpc) is 2.68. The van der Waals surface area contributed by atoms with Crippen LogP contribution in [0, 0.1) is 23.2 Å². The van der Waals surface area contributed by atoms with E-state index < -0.39 is 5.97 Å². The van der Waals surface area contributed by atoms with Gasteiger partial charge in [0.05, 0.1) is 5.92 Å². The summed E-state index contributed by atoms with van der Waals surface area (Å²) in [5, 5.41) is 9.14. The summed E-state index contributed by atoms with van der Waals surface area (Å²) in [4.78, 5) is 11.1. The van der Waals surface area contributed by atoms with E-state index in [-0.39, 0.29) is 11.3 Å². The summed E-state index contributed by atoms with van der Waals surface area (Å²) in [6.45, 7) is 8.59. The molecule has 0 aromatic rings. The van der Waals surface area contributed by atoms with Crippen LogP contribution in [0.25, 0.3) is 0 Å². The second kappa shape index (κ2) is 4.54. The molecule has 0 spiro atoms. The van der Waals surface area contributed by atoms with E-state index in [1.54, 1.807) is 0 Å². The van der Waals surface area contributed by atoms with Crippen LogP contribution in [0.5, 0.6) is 0 Å². The third-order valence-corrected chi connectivity index (χ3v) is 4.00. The normalized spacial score (nSPS) is 28.1. The fourth-order valence-electron chi connectivity index (χ4n) is 3.27. The second-order valence-electron chi connectivity index (χ2n) is 5.50. The first-order valence-electron chi connectivity index (χ1n) is 6.19. The van der Waals surface area contributed by atoms with Gasteiger partial charge < -0.3 is 5.11 Å². The molecule has 0 amide bonds. The number of carboxylic acid groups (broad SMARTS) is 1. The van der Waals surface area contributed by atoms with Gasteiger partial charge in [-0.3, -0.25) is 4.79 Å². The smallest absolute Gasteiger partial charge is 0.307 e. The standard InChI is InChI=1S/C13H24O2/c1-5-7-9(8-6-2)10-11(12(14)15)13(10,3)4/h9-11H,5-8H2,1-4H3,(H,14,15)/t10-,11+/m0/s1. The van der Waals surface area contributed by atoms with Crippen molar-refractivity contribution in [1.82, 2.24) is 0 Å². The molecule has 0 saturated heterocycles. The molecule has 2 atom stereocenters. The Morgan fingerprint density at radius 3 is 2.00 bits per heavy atom. The number of rotatable bonds is 6. The van der Waals surface area contributed by atoms with Crippen molar-refractivity contribution < 1.29 is 9.90 Å². The van der Waals surface area contributed by atoms with Crippen molar-refractivity contribution in [2.75, 3.05) is 0 Å². The lowest BCUT2D eigenvalue weighted by Gasteiger charge is -2.16. The molecule has 1 fully saturated rings. The largest absolute Gasteiger partial charge is 0.481 e. The monoisotopic (exact) mass is 212 g/mol. The summed E-state index contributed by atoms with van der Waals surface area (Å²) >= 11 is 0. The molecule has 0 heterocycles. The van der Waals surface area contributed by atoms with Crippen molar-refractivity contribution >= 4 is 5.97 Å². The van der Waals surface area contributed by atoms with E-state index in [0.29, 0.717) is 11.8 Å². The zero-order chi connectivity index (χ0) is 11.6. The molecular weight excluding hydrogens is 188 g/mol. The van der Waals surface area contributed by atoms with E-state index in [4.69, 9.17) is 5.11 Å². The molecule has 15 heavy (non-hydrogen) atoms. The first-order valence-corrected chi connectivity index (χ1v) is 6.19. The summed E-state index contributed by atoms with van der Waals surface area (Å²) in [5.41, 5.74) is 0.0286. The van der Waals surface area contributed by atoms with Crippen LogP contribution in [-0.4, -0.2) is 11.1 Å². The van der Waals surface area contributed by atoms with E-state index in [0.717, 1.165) is 0 Å². The lowest BCUT2D eigenvalue weighted by atomic mass is 9.89. The molecule has 0 radical (unpaired) electrons. The van der Waals surface area contributed by atoms with E-state index in [1.807, 2.05) is 0 Å².